The standard InChI is InChI=1S/C23H20N2O4S/c1-28-19-9-5-8-18(15-19)23-22(17-10-12-20(13-11-17)30(24,26)27)25-21(29-23)14-16-6-3-2-4-7-16/h2-13,15H,14H2,1H3,(H2,24,26,27). The van der Waals surface area contributed by atoms with E-state index in [1.54, 1.807) is 19.2 Å². The number of ether oxygens (including phenoxy) is 1. The average Bonchev–Trinajstić information content (AvgIpc) is 3.18. The molecule has 0 unspecified atom stereocenters. The topological polar surface area (TPSA) is 95.4 Å². The lowest BCUT2D eigenvalue weighted by Gasteiger charge is -2.05. The van der Waals surface area contributed by atoms with Crippen LogP contribution in [0.3, 0.4) is 0 Å². The number of hydrogen-bond donors (Lipinski definition) is 1. The molecule has 4 aromatic rings. The Bertz CT molecular complexity index is 1260. The van der Waals surface area contributed by atoms with Crippen LogP contribution in [0, 0.1) is 0 Å². The predicted molar refractivity (Wildman–Crippen MR) is 115 cm³/mol. The van der Waals surface area contributed by atoms with Gasteiger partial charge in [0.1, 0.15) is 11.4 Å². The van der Waals surface area contributed by atoms with Gasteiger partial charge < -0.3 is 9.15 Å². The number of oxazole rings is 1. The van der Waals surface area contributed by atoms with Gasteiger partial charge in [-0.25, -0.2) is 18.5 Å². The van der Waals surface area contributed by atoms with Crippen molar-refractivity contribution in [2.75, 3.05) is 7.11 Å². The Labute approximate surface area is 175 Å². The van der Waals surface area contributed by atoms with Gasteiger partial charge in [-0.3, -0.25) is 0 Å². The van der Waals surface area contributed by atoms with E-state index in [4.69, 9.17) is 19.3 Å². The van der Waals surface area contributed by atoms with Gasteiger partial charge in [-0.2, -0.15) is 0 Å². The molecular formula is C23H20N2O4S. The minimum Gasteiger partial charge on any atom is -0.497 e. The minimum atomic E-state index is -3.77. The average molecular weight is 420 g/mol. The van der Waals surface area contributed by atoms with Crippen molar-refractivity contribution in [3.8, 4) is 28.3 Å². The molecule has 1 heterocycles. The van der Waals surface area contributed by atoms with Crippen LogP contribution in [-0.4, -0.2) is 20.5 Å². The highest BCUT2D eigenvalue weighted by Gasteiger charge is 2.18. The fourth-order valence-electron chi connectivity index (χ4n) is 3.17. The van der Waals surface area contributed by atoms with Crippen molar-refractivity contribution < 1.29 is 17.6 Å². The maximum atomic E-state index is 11.6. The van der Waals surface area contributed by atoms with Gasteiger partial charge in [0.25, 0.3) is 0 Å². The summed E-state index contributed by atoms with van der Waals surface area (Å²) in [6.07, 6.45) is 0.535. The van der Waals surface area contributed by atoms with E-state index in [0.29, 0.717) is 29.5 Å². The van der Waals surface area contributed by atoms with Gasteiger partial charge >= 0.3 is 0 Å². The lowest BCUT2D eigenvalue weighted by Crippen LogP contribution is -2.11. The molecule has 152 valence electrons. The van der Waals surface area contributed by atoms with Gasteiger partial charge in [-0.1, -0.05) is 54.6 Å². The molecule has 4 rings (SSSR count). The molecule has 0 aliphatic heterocycles. The third-order valence-corrected chi connectivity index (χ3v) is 5.59. The summed E-state index contributed by atoms with van der Waals surface area (Å²) in [6, 6.07) is 23.7. The van der Waals surface area contributed by atoms with Crippen LogP contribution in [-0.2, 0) is 16.4 Å². The van der Waals surface area contributed by atoms with E-state index < -0.39 is 10.0 Å². The Morgan fingerprint density at radius 2 is 1.67 bits per heavy atom. The van der Waals surface area contributed by atoms with Crippen LogP contribution in [0.1, 0.15) is 11.5 Å². The van der Waals surface area contributed by atoms with Gasteiger partial charge in [0.05, 0.1) is 12.0 Å². The molecule has 0 saturated carbocycles. The fraction of sp³-hybridized carbons (Fsp3) is 0.0870. The van der Waals surface area contributed by atoms with Crippen LogP contribution in [0.25, 0.3) is 22.6 Å². The highest BCUT2D eigenvalue weighted by atomic mass is 32.2. The molecule has 6 nitrogen and oxygen atoms in total. The first-order chi connectivity index (χ1) is 14.4. The molecule has 30 heavy (non-hydrogen) atoms. The summed E-state index contributed by atoms with van der Waals surface area (Å²) in [5.74, 6) is 1.84. The van der Waals surface area contributed by atoms with Gasteiger partial charge in [0.2, 0.25) is 10.0 Å². The fourth-order valence-corrected chi connectivity index (χ4v) is 3.68. The maximum Gasteiger partial charge on any atom is 0.238 e. The van der Waals surface area contributed by atoms with Crippen LogP contribution in [0.4, 0.5) is 0 Å². The van der Waals surface area contributed by atoms with Crippen LogP contribution in [0.5, 0.6) is 5.75 Å². The number of aromatic nitrogens is 1. The van der Waals surface area contributed by atoms with Gasteiger partial charge in [0.15, 0.2) is 11.7 Å². The first-order valence-electron chi connectivity index (χ1n) is 9.25. The van der Waals surface area contributed by atoms with E-state index >= 15 is 0 Å². The molecule has 0 saturated heterocycles. The van der Waals surface area contributed by atoms with Crippen LogP contribution in [0.15, 0.2) is 88.2 Å². The molecule has 0 fully saturated rings. The summed E-state index contributed by atoms with van der Waals surface area (Å²) >= 11 is 0. The molecule has 1 aromatic heterocycles. The Kier molecular flexibility index (Phi) is 5.39. The summed E-state index contributed by atoms with van der Waals surface area (Å²) < 4.78 is 34.6. The highest BCUT2D eigenvalue weighted by molar-refractivity contribution is 7.89. The second-order valence-electron chi connectivity index (χ2n) is 6.75. The summed E-state index contributed by atoms with van der Waals surface area (Å²) in [7, 11) is -2.16. The van der Waals surface area contributed by atoms with Gasteiger partial charge in [0, 0.05) is 17.5 Å². The van der Waals surface area contributed by atoms with Crippen LogP contribution >= 0.6 is 0 Å². The van der Waals surface area contributed by atoms with Crippen molar-refractivity contribution in [1.82, 2.24) is 4.98 Å². The molecular weight excluding hydrogens is 400 g/mol. The Hall–Kier alpha value is -3.42. The first kappa shape index (κ1) is 19.9. The van der Waals surface area contributed by atoms with Crippen LogP contribution in [0.2, 0.25) is 0 Å². The van der Waals surface area contributed by atoms with Crippen molar-refractivity contribution in [2.24, 2.45) is 5.14 Å². The monoisotopic (exact) mass is 420 g/mol. The number of primary sulfonamides is 1. The quantitative estimate of drug-likeness (QED) is 0.503. The first-order valence-corrected chi connectivity index (χ1v) is 10.8. The van der Waals surface area contributed by atoms with E-state index in [1.807, 2.05) is 54.6 Å². The summed E-state index contributed by atoms with van der Waals surface area (Å²) in [5, 5.41) is 5.21. The summed E-state index contributed by atoms with van der Waals surface area (Å²) in [6.45, 7) is 0. The van der Waals surface area contributed by atoms with Gasteiger partial charge in [-0.15, -0.1) is 0 Å². The van der Waals surface area contributed by atoms with Crippen molar-refractivity contribution in [1.29, 1.82) is 0 Å². The molecule has 0 aliphatic carbocycles. The summed E-state index contributed by atoms with van der Waals surface area (Å²) in [4.78, 5) is 4.75. The number of rotatable bonds is 6. The van der Waals surface area contributed by atoms with E-state index in [9.17, 15) is 8.42 Å². The van der Waals surface area contributed by atoms with E-state index in [1.165, 1.54) is 12.1 Å². The third-order valence-electron chi connectivity index (χ3n) is 4.66. The number of hydrogen-bond acceptors (Lipinski definition) is 5. The zero-order chi connectivity index (χ0) is 21.1. The number of nitrogens with zero attached hydrogens (tertiary/aromatic N) is 1. The molecule has 3 aromatic carbocycles. The van der Waals surface area contributed by atoms with E-state index in [0.717, 1.165) is 16.7 Å². The van der Waals surface area contributed by atoms with Crippen molar-refractivity contribution in [3.63, 3.8) is 0 Å². The molecule has 0 amide bonds. The molecule has 7 heteroatoms. The zero-order valence-corrected chi connectivity index (χ0v) is 17.1. The molecule has 0 aliphatic rings. The predicted octanol–water partition coefficient (Wildman–Crippen LogP) is 4.26. The lowest BCUT2D eigenvalue weighted by molar-refractivity contribution is 0.414. The molecule has 0 atom stereocenters. The number of nitrogens with two attached hydrogens (primary N) is 1. The van der Waals surface area contributed by atoms with Crippen LogP contribution < -0.4 is 9.88 Å². The second kappa shape index (κ2) is 8.14. The number of sulfonamides is 1. The maximum absolute atomic E-state index is 11.6. The molecule has 0 bridgehead atoms. The SMILES string of the molecule is COc1cccc(-c2oc(Cc3ccccc3)nc2-c2ccc(S(N)(=O)=O)cc2)c1. The number of methoxy groups -OCH3 is 1. The molecule has 0 spiro atoms. The Morgan fingerprint density at radius 3 is 2.33 bits per heavy atom. The normalized spacial score (nSPS) is 11.4. The third kappa shape index (κ3) is 4.27. The van der Waals surface area contributed by atoms with E-state index in [2.05, 4.69) is 0 Å². The Balaban J connectivity index is 1.80. The van der Waals surface area contributed by atoms with Gasteiger partial charge in [-0.05, 0) is 29.8 Å². The van der Waals surface area contributed by atoms with Crippen molar-refractivity contribution in [2.45, 2.75) is 11.3 Å². The zero-order valence-electron chi connectivity index (χ0n) is 16.3. The Morgan fingerprint density at radius 1 is 0.933 bits per heavy atom. The second-order valence-corrected chi connectivity index (χ2v) is 8.31. The minimum absolute atomic E-state index is 0.0437. The highest BCUT2D eigenvalue weighted by Crippen LogP contribution is 2.35. The molecule has 2 N–H and O–H groups in total. The smallest absolute Gasteiger partial charge is 0.238 e. The number of benzene rings is 3. The van der Waals surface area contributed by atoms with Crippen molar-refractivity contribution in [3.05, 3.63) is 90.3 Å². The lowest BCUT2D eigenvalue weighted by atomic mass is 10.1. The largest absolute Gasteiger partial charge is 0.497 e. The summed E-state index contributed by atoms with van der Waals surface area (Å²) in [5.41, 5.74) is 3.23. The van der Waals surface area contributed by atoms with E-state index in [-0.39, 0.29) is 4.90 Å². The van der Waals surface area contributed by atoms with Crippen molar-refractivity contribution >= 4 is 10.0 Å². The molecule has 0 radical (unpaired) electrons.